The van der Waals surface area contributed by atoms with Crippen molar-refractivity contribution in [3.05, 3.63) is 70.8 Å². The Morgan fingerprint density at radius 3 is 2.71 bits per heavy atom. The highest BCUT2D eigenvalue weighted by Crippen LogP contribution is 2.14. The van der Waals surface area contributed by atoms with Crippen LogP contribution in [0.4, 0.5) is 0 Å². The SMILES string of the molecule is O=C(CCn1nnc2ccccc2c1=O)NCc1nc(-c2ccccc2)no1. The highest BCUT2D eigenvalue weighted by atomic mass is 16.5. The van der Waals surface area contributed by atoms with Crippen LogP contribution in [0.25, 0.3) is 22.3 Å². The molecule has 1 amide bonds. The van der Waals surface area contributed by atoms with Crippen molar-refractivity contribution in [3.63, 3.8) is 0 Å². The Bertz CT molecular complexity index is 1170. The van der Waals surface area contributed by atoms with Gasteiger partial charge in [-0.25, -0.2) is 4.68 Å². The average molecular weight is 376 g/mol. The Labute approximate surface area is 159 Å². The Morgan fingerprint density at radius 1 is 1.07 bits per heavy atom. The Morgan fingerprint density at radius 2 is 1.86 bits per heavy atom. The van der Waals surface area contributed by atoms with Gasteiger partial charge >= 0.3 is 0 Å². The molecule has 140 valence electrons. The molecule has 0 aliphatic rings. The summed E-state index contributed by atoms with van der Waals surface area (Å²) in [5.41, 5.74) is 1.08. The van der Waals surface area contributed by atoms with Crippen LogP contribution in [0.15, 0.2) is 63.9 Å². The molecule has 28 heavy (non-hydrogen) atoms. The zero-order valence-electron chi connectivity index (χ0n) is 14.8. The maximum absolute atomic E-state index is 12.4. The zero-order valence-corrected chi connectivity index (χ0v) is 14.8. The summed E-state index contributed by atoms with van der Waals surface area (Å²) in [6.45, 7) is 0.235. The number of aromatic nitrogens is 5. The van der Waals surface area contributed by atoms with Crippen LogP contribution in [0.2, 0.25) is 0 Å². The number of fused-ring (bicyclic) bond motifs is 1. The third kappa shape index (κ3) is 3.78. The second kappa shape index (κ2) is 7.78. The quantitative estimate of drug-likeness (QED) is 0.543. The molecular weight excluding hydrogens is 360 g/mol. The van der Waals surface area contributed by atoms with Gasteiger partial charge in [-0.1, -0.05) is 52.8 Å². The van der Waals surface area contributed by atoms with Crippen molar-refractivity contribution in [2.75, 3.05) is 0 Å². The van der Waals surface area contributed by atoms with Crippen molar-refractivity contribution in [1.82, 2.24) is 30.5 Å². The molecule has 0 saturated carbocycles. The topological polar surface area (TPSA) is 116 Å². The largest absolute Gasteiger partial charge is 0.347 e. The first-order valence-electron chi connectivity index (χ1n) is 8.68. The average Bonchev–Trinajstić information content (AvgIpc) is 3.22. The normalized spacial score (nSPS) is 10.9. The van der Waals surface area contributed by atoms with Gasteiger partial charge in [-0.05, 0) is 12.1 Å². The van der Waals surface area contributed by atoms with Crippen molar-refractivity contribution in [3.8, 4) is 11.4 Å². The fraction of sp³-hybridized carbons (Fsp3) is 0.158. The molecule has 0 bridgehead atoms. The van der Waals surface area contributed by atoms with E-state index in [0.29, 0.717) is 22.6 Å². The van der Waals surface area contributed by atoms with Gasteiger partial charge < -0.3 is 9.84 Å². The molecular formula is C19H16N6O3. The Kier molecular flexibility index (Phi) is 4.87. The van der Waals surface area contributed by atoms with Gasteiger partial charge in [-0.2, -0.15) is 4.98 Å². The summed E-state index contributed by atoms with van der Waals surface area (Å²) in [5, 5.41) is 14.9. The molecule has 2 aromatic carbocycles. The molecule has 4 rings (SSSR count). The lowest BCUT2D eigenvalue weighted by Crippen LogP contribution is -2.29. The van der Waals surface area contributed by atoms with Gasteiger partial charge in [0.05, 0.1) is 18.5 Å². The standard InChI is InChI=1S/C19H16N6O3/c26-16(10-11-25-19(27)14-8-4-5-9-15(14)22-24-25)20-12-17-21-18(23-28-17)13-6-2-1-3-7-13/h1-9H,10-12H2,(H,20,26). The highest BCUT2D eigenvalue weighted by Gasteiger charge is 2.11. The minimum Gasteiger partial charge on any atom is -0.347 e. The summed E-state index contributed by atoms with van der Waals surface area (Å²) in [7, 11) is 0. The predicted molar refractivity (Wildman–Crippen MR) is 100.0 cm³/mol. The molecule has 0 aliphatic carbocycles. The Hall–Kier alpha value is -3.88. The van der Waals surface area contributed by atoms with E-state index in [2.05, 4.69) is 25.8 Å². The van der Waals surface area contributed by atoms with E-state index in [0.717, 1.165) is 5.56 Å². The molecule has 9 nitrogen and oxygen atoms in total. The van der Waals surface area contributed by atoms with E-state index in [1.807, 2.05) is 30.3 Å². The summed E-state index contributed by atoms with van der Waals surface area (Å²) >= 11 is 0. The second-order valence-corrected chi connectivity index (χ2v) is 6.04. The molecule has 0 radical (unpaired) electrons. The molecule has 0 atom stereocenters. The van der Waals surface area contributed by atoms with Crippen LogP contribution in [-0.2, 0) is 17.9 Å². The van der Waals surface area contributed by atoms with Crippen molar-refractivity contribution < 1.29 is 9.32 Å². The van der Waals surface area contributed by atoms with Gasteiger partial charge in [-0.3, -0.25) is 9.59 Å². The summed E-state index contributed by atoms with van der Waals surface area (Å²) < 4.78 is 6.33. The summed E-state index contributed by atoms with van der Waals surface area (Å²) in [6.07, 6.45) is 0.0760. The molecule has 1 N–H and O–H groups in total. The summed E-state index contributed by atoms with van der Waals surface area (Å²) in [6, 6.07) is 16.3. The molecule has 9 heteroatoms. The van der Waals surface area contributed by atoms with E-state index in [1.165, 1.54) is 4.68 Å². The van der Waals surface area contributed by atoms with E-state index in [1.54, 1.807) is 24.3 Å². The number of nitrogens with one attached hydrogen (secondary N) is 1. The first-order chi connectivity index (χ1) is 13.7. The van der Waals surface area contributed by atoms with E-state index in [9.17, 15) is 9.59 Å². The van der Waals surface area contributed by atoms with E-state index in [4.69, 9.17) is 4.52 Å². The van der Waals surface area contributed by atoms with Crippen LogP contribution in [0.5, 0.6) is 0 Å². The van der Waals surface area contributed by atoms with Gasteiger partial charge in [-0.15, -0.1) is 5.10 Å². The molecule has 4 aromatic rings. The van der Waals surface area contributed by atoms with Crippen molar-refractivity contribution >= 4 is 16.8 Å². The first-order valence-corrected chi connectivity index (χ1v) is 8.68. The number of benzene rings is 2. The first kappa shape index (κ1) is 17.5. The number of carbonyl (C=O) groups is 1. The smallest absolute Gasteiger partial charge is 0.277 e. The van der Waals surface area contributed by atoms with Crippen molar-refractivity contribution in [2.24, 2.45) is 0 Å². The minimum absolute atomic E-state index is 0.0760. The predicted octanol–water partition coefficient (Wildman–Crippen LogP) is 1.55. The highest BCUT2D eigenvalue weighted by molar-refractivity contribution is 5.77. The van der Waals surface area contributed by atoms with Crippen LogP contribution in [0.3, 0.4) is 0 Å². The number of nitrogens with zero attached hydrogens (tertiary/aromatic N) is 5. The Balaban J connectivity index is 1.34. The van der Waals surface area contributed by atoms with Gasteiger partial charge in [0, 0.05) is 12.0 Å². The third-order valence-corrected chi connectivity index (χ3v) is 4.12. The number of amides is 1. The van der Waals surface area contributed by atoms with Gasteiger partial charge in [0.2, 0.25) is 17.6 Å². The van der Waals surface area contributed by atoms with E-state index < -0.39 is 0 Å². The van der Waals surface area contributed by atoms with Gasteiger partial charge in [0.1, 0.15) is 5.52 Å². The number of hydrogen-bond acceptors (Lipinski definition) is 7. The van der Waals surface area contributed by atoms with Crippen LogP contribution < -0.4 is 10.9 Å². The maximum atomic E-state index is 12.4. The fourth-order valence-corrected chi connectivity index (χ4v) is 2.67. The van der Waals surface area contributed by atoms with Crippen LogP contribution in [0.1, 0.15) is 12.3 Å². The third-order valence-electron chi connectivity index (χ3n) is 4.12. The molecule has 0 fully saturated rings. The number of rotatable bonds is 6. The number of hydrogen-bond donors (Lipinski definition) is 1. The fourth-order valence-electron chi connectivity index (χ4n) is 2.67. The van der Waals surface area contributed by atoms with Gasteiger partial charge in [0.25, 0.3) is 5.56 Å². The van der Waals surface area contributed by atoms with Crippen molar-refractivity contribution in [1.29, 1.82) is 0 Å². The summed E-state index contributed by atoms with van der Waals surface area (Å²) in [5.74, 6) is 0.499. The maximum Gasteiger partial charge on any atom is 0.277 e. The molecule has 0 unspecified atom stereocenters. The molecule has 2 heterocycles. The zero-order chi connectivity index (χ0) is 19.3. The number of aryl methyl sites for hydroxylation is 1. The van der Waals surface area contributed by atoms with Crippen LogP contribution >= 0.6 is 0 Å². The lowest BCUT2D eigenvalue weighted by Gasteiger charge is -2.05. The van der Waals surface area contributed by atoms with Crippen LogP contribution in [-0.4, -0.2) is 31.0 Å². The lowest BCUT2D eigenvalue weighted by atomic mass is 10.2. The molecule has 0 spiro atoms. The van der Waals surface area contributed by atoms with Gasteiger partial charge in [0.15, 0.2) is 0 Å². The van der Waals surface area contributed by atoms with E-state index in [-0.39, 0.29) is 31.0 Å². The van der Waals surface area contributed by atoms with Crippen molar-refractivity contribution in [2.45, 2.75) is 19.5 Å². The molecule has 0 saturated heterocycles. The molecule has 2 aromatic heterocycles. The van der Waals surface area contributed by atoms with Crippen LogP contribution in [0, 0.1) is 0 Å². The number of carbonyl (C=O) groups excluding carboxylic acids is 1. The lowest BCUT2D eigenvalue weighted by molar-refractivity contribution is -0.121. The summed E-state index contributed by atoms with van der Waals surface area (Å²) in [4.78, 5) is 28.7. The van der Waals surface area contributed by atoms with E-state index >= 15 is 0 Å². The minimum atomic E-state index is -0.275. The second-order valence-electron chi connectivity index (χ2n) is 6.04. The monoisotopic (exact) mass is 376 g/mol. The molecule has 0 aliphatic heterocycles.